The van der Waals surface area contributed by atoms with Gasteiger partial charge in [0.05, 0.1) is 12.2 Å². The predicted octanol–water partition coefficient (Wildman–Crippen LogP) is 4.20. The summed E-state index contributed by atoms with van der Waals surface area (Å²) in [6.45, 7) is 0.725. The fourth-order valence-electron chi connectivity index (χ4n) is 2.96. The minimum atomic E-state index is -0.272. The van der Waals surface area contributed by atoms with E-state index in [0.29, 0.717) is 11.1 Å². The lowest BCUT2D eigenvalue weighted by atomic mass is 9.74. The quantitative estimate of drug-likeness (QED) is 0.774. The van der Waals surface area contributed by atoms with E-state index in [-0.39, 0.29) is 17.5 Å². The van der Waals surface area contributed by atoms with Gasteiger partial charge in [-0.15, -0.1) is 0 Å². The Morgan fingerprint density at radius 3 is 2.95 bits per heavy atom. The molecule has 104 valence electrons. The molecule has 1 unspecified atom stereocenters. The number of rotatable bonds is 3. The summed E-state index contributed by atoms with van der Waals surface area (Å²) in [6.07, 6.45) is 5.29. The van der Waals surface area contributed by atoms with Crippen LogP contribution in [0.2, 0.25) is 0 Å². The summed E-state index contributed by atoms with van der Waals surface area (Å²) in [5, 5.41) is 0.606. The lowest BCUT2D eigenvalue weighted by molar-refractivity contribution is -0.154. The van der Waals surface area contributed by atoms with Crippen molar-refractivity contribution in [3.8, 4) is 5.75 Å². The molecule has 0 N–H and O–H groups in total. The molecule has 1 aromatic carbocycles. The van der Waals surface area contributed by atoms with Crippen LogP contribution in [0.25, 0.3) is 0 Å². The first-order valence-corrected chi connectivity index (χ1v) is 7.99. The molecule has 2 aliphatic rings. The zero-order valence-electron chi connectivity index (χ0n) is 10.8. The summed E-state index contributed by atoms with van der Waals surface area (Å²) < 4.78 is 25.7. The Balaban J connectivity index is 1.74. The van der Waals surface area contributed by atoms with Gasteiger partial charge in [-0.3, -0.25) is 0 Å². The third-order valence-electron chi connectivity index (χ3n) is 4.19. The van der Waals surface area contributed by atoms with Crippen molar-refractivity contribution in [2.75, 3.05) is 6.61 Å². The van der Waals surface area contributed by atoms with E-state index in [1.165, 1.54) is 12.5 Å². The number of benzene rings is 1. The van der Waals surface area contributed by atoms with Crippen LogP contribution in [0.4, 0.5) is 4.39 Å². The number of alkyl halides is 1. The monoisotopic (exact) mass is 328 g/mol. The Morgan fingerprint density at radius 2 is 2.26 bits per heavy atom. The van der Waals surface area contributed by atoms with Crippen LogP contribution in [0.1, 0.15) is 37.7 Å². The van der Waals surface area contributed by atoms with Crippen LogP contribution in [0.5, 0.6) is 5.75 Å². The molecule has 1 spiro atoms. The predicted molar refractivity (Wildman–Crippen MR) is 75.2 cm³/mol. The smallest absolute Gasteiger partial charge is 0.165 e. The van der Waals surface area contributed by atoms with Gasteiger partial charge in [-0.25, -0.2) is 4.39 Å². The number of hydrogen-bond acceptors (Lipinski definition) is 2. The van der Waals surface area contributed by atoms with E-state index in [2.05, 4.69) is 15.9 Å². The van der Waals surface area contributed by atoms with Crippen molar-refractivity contribution in [1.29, 1.82) is 0 Å². The molecule has 2 fully saturated rings. The highest BCUT2D eigenvalue weighted by molar-refractivity contribution is 9.08. The maximum atomic E-state index is 13.9. The van der Waals surface area contributed by atoms with Crippen LogP contribution in [0, 0.1) is 5.82 Å². The molecule has 1 heterocycles. The first kappa shape index (κ1) is 13.4. The van der Waals surface area contributed by atoms with Gasteiger partial charge < -0.3 is 9.47 Å². The van der Waals surface area contributed by atoms with E-state index in [9.17, 15) is 4.39 Å². The van der Waals surface area contributed by atoms with Crippen molar-refractivity contribution in [1.82, 2.24) is 0 Å². The van der Waals surface area contributed by atoms with E-state index in [0.717, 1.165) is 37.9 Å². The van der Waals surface area contributed by atoms with Crippen molar-refractivity contribution in [2.45, 2.75) is 49.1 Å². The standard InChI is InChI=1S/C15H18BrFO2/c16-10-11-3-1-4-13(17)14(11)19-12-5-8-18-15(9-12)6-2-7-15/h1,3-4,12H,2,5-10H2. The van der Waals surface area contributed by atoms with Gasteiger partial charge in [-0.2, -0.15) is 0 Å². The molecule has 4 heteroatoms. The minimum Gasteiger partial charge on any atom is -0.487 e. The first-order valence-electron chi connectivity index (χ1n) is 6.86. The summed E-state index contributed by atoms with van der Waals surface area (Å²) in [7, 11) is 0. The molecule has 3 rings (SSSR count). The van der Waals surface area contributed by atoms with Crippen molar-refractivity contribution in [3.63, 3.8) is 0 Å². The van der Waals surface area contributed by atoms with Crippen molar-refractivity contribution in [2.24, 2.45) is 0 Å². The number of para-hydroxylation sites is 1. The lowest BCUT2D eigenvalue weighted by Gasteiger charge is -2.47. The van der Waals surface area contributed by atoms with Crippen LogP contribution in [-0.4, -0.2) is 18.3 Å². The molecule has 0 radical (unpaired) electrons. The molecule has 1 saturated carbocycles. The van der Waals surface area contributed by atoms with Gasteiger partial charge >= 0.3 is 0 Å². The first-order chi connectivity index (χ1) is 9.22. The largest absolute Gasteiger partial charge is 0.487 e. The second-order valence-corrected chi connectivity index (χ2v) is 6.04. The summed E-state index contributed by atoms with van der Waals surface area (Å²) in [5.41, 5.74) is 0.900. The van der Waals surface area contributed by atoms with Crippen LogP contribution in [0.15, 0.2) is 18.2 Å². The fraction of sp³-hybridized carbons (Fsp3) is 0.600. The third-order valence-corrected chi connectivity index (χ3v) is 4.79. The number of halogens is 2. The fourth-order valence-corrected chi connectivity index (χ4v) is 3.40. The molecule has 0 bridgehead atoms. The second-order valence-electron chi connectivity index (χ2n) is 5.48. The van der Waals surface area contributed by atoms with E-state index in [1.807, 2.05) is 6.07 Å². The Bertz CT molecular complexity index is 459. The second kappa shape index (κ2) is 5.41. The maximum Gasteiger partial charge on any atom is 0.165 e. The summed E-state index contributed by atoms with van der Waals surface area (Å²) >= 11 is 3.38. The Hall–Kier alpha value is -0.610. The topological polar surface area (TPSA) is 18.5 Å². The summed E-state index contributed by atoms with van der Waals surface area (Å²) in [6, 6.07) is 5.07. The average molecular weight is 329 g/mol. The summed E-state index contributed by atoms with van der Waals surface area (Å²) in [5.74, 6) is 0.131. The molecule has 19 heavy (non-hydrogen) atoms. The highest BCUT2D eigenvalue weighted by Gasteiger charge is 2.43. The molecule has 2 nitrogen and oxygen atoms in total. The normalized spacial score (nSPS) is 25.1. The highest BCUT2D eigenvalue weighted by Crippen LogP contribution is 2.43. The molecule has 1 saturated heterocycles. The van der Waals surface area contributed by atoms with Gasteiger partial charge in [0, 0.05) is 23.7 Å². The molecule has 1 aromatic rings. The van der Waals surface area contributed by atoms with E-state index < -0.39 is 0 Å². The lowest BCUT2D eigenvalue weighted by Crippen LogP contribution is -2.48. The van der Waals surface area contributed by atoms with Crippen molar-refractivity contribution >= 4 is 15.9 Å². The Labute approximate surface area is 121 Å². The molecule has 1 atom stereocenters. The van der Waals surface area contributed by atoms with E-state index in [4.69, 9.17) is 9.47 Å². The number of ether oxygens (including phenoxy) is 2. The molecule has 1 aliphatic carbocycles. The van der Waals surface area contributed by atoms with E-state index >= 15 is 0 Å². The molecular formula is C15H18BrFO2. The zero-order valence-corrected chi connectivity index (χ0v) is 12.4. The number of hydrogen-bond donors (Lipinski definition) is 0. The van der Waals surface area contributed by atoms with Gasteiger partial charge in [-0.1, -0.05) is 28.1 Å². The third kappa shape index (κ3) is 2.65. The van der Waals surface area contributed by atoms with Crippen LogP contribution in [-0.2, 0) is 10.1 Å². The van der Waals surface area contributed by atoms with Crippen LogP contribution in [0.3, 0.4) is 0 Å². The molecule has 0 aromatic heterocycles. The zero-order chi connectivity index (χ0) is 13.3. The van der Waals surface area contributed by atoms with Gasteiger partial charge in [0.2, 0.25) is 0 Å². The summed E-state index contributed by atoms with van der Waals surface area (Å²) in [4.78, 5) is 0. The van der Waals surface area contributed by atoms with Gasteiger partial charge in [-0.05, 0) is 25.3 Å². The average Bonchev–Trinajstić information content (AvgIpc) is 2.40. The van der Waals surface area contributed by atoms with Gasteiger partial charge in [0.25, 0.3) is 0 Å². The minimum absolute atomic E-state index is 0.0305. The maximum absolute atomic E-state index is 13.9. The van der Waals surface area contributed by atoms with E-state index in [1.54, 1.807) is 6.07 Å². The molecule has 1 aliphatic heterocycles. The Kier molecular flexibility index (Phi) is 3.81. The van der Waals surface area contributed by atoms with Crippen LogP contribution < -0.4 is 4.74 Å². The molecular weight excluding hydrogens is 311 g/mol. The van der Waals surface area contributed by atoms with Gasteiger partial charge in [0.15, 0.2) is 11.6 Å². The Morgan fingerprint density at radius 1 is 1.42 bits per heavy atom. The molecule has 0 amide bonds. The van der Waals surface area contributed by atoms with Crippen LogP contribution >= 0.6 is 15.9 Å². The van der Waals surface area contributed by atoms with Gasteiger partial charge in [0.1, 0.15) is 6.10 Å². The highest BCUT2D eigenvalue weighted by atomic mass is 79.9. The van der Waals surface area contributed by atoms with Crippen molar-refractivity contribution in [3.05, 3.63) is 29.6 Å². The van der Waals surface area contributed by atoms with Crippen molar-refractivity contribution < 1.29 is 13.9 Å². The SMILES string of the molecule is Fc1cccc(CBr)c1OC1CCOC2(CCC2)C1.